The van der Waals surface area contributed by atoms with Crippen LogP contribution in [0.25, 0.3) is 0 Å². The van der Waals surface area contributed by atoms with E-state index in [0.29, 0.717) is 12.0 Å². The van der Waals surface area contributed by atoms with Gasteiger partial charge in [-0.05, 0) is 44.2 Å². The minimum Gasteiger partial charge on any atom is -0.384 e. The van der Waals surface area contributed by atoms with E-state index < -0.39 is 0 Å². The van der Waals surface area contributed by atoms with Crippen LogP contribution in [0.15, 0.2) is 0 Å². The summed E-state index contributed by atoms with van der Waals surface area (Å²) in [6.45, 7) is 5.48. The molecule has 0 atom stereocenters. The summed E-state index contributed by atoms with van der Waals surface area (Å²) in [6.07, 6.45) is 6.85. The van der Waals surface area contributed by atoms with Crippen molar-refractivity contribution in [3.05, 3.63) is 0 Å². The first-order chi connectivity index (χ1) is 9.10. The summed E-state index contributed by atoms with van der Waals surface area (Å²) in [5, 5.41) is 6.54. The number of ether oxygens (including phenoxy) is 1. The zero-order valence-corrected chi connectivity index (χ0v) is 12.4. The van der Waals surface area contributed by atoms with E-state index in [1.54, 1.807) is 7.11 Å². The molecular weight excluding hydrogens is 240 g/mol. The third-order valence-corrected chi connectivity index (χ3v) is 4.95. The molecule has 0 unspecified atom stereocenters. The van der Waals surface area contributed by atoms with Crippen molar-refractivity contribution in [2.45, 2.75) is 45.4 Å². The highest BCUT2D eigenvalue weighted by molar-refractivity contribution is 5.83. The van der Waals surface area contributed by atoms with E-state index in [1.165, 1.54) is 25.7 Å². The van der Waals surface area contributed by atoms with E-state index in [9.17, 15) is 4.79 Å². The number of amides is 1. The number of hydrogen-bond acceptors (Lipinski definition) is 3. The van der Waals surface area contributed by atoms with Gasteiger partial charge in [0.05, 0.1) is 12.0 Å². The lowest BCUT2D eigenvalue weighted by molar-refractivity contribution is -0.136. The predicted molar refractivity (Wildman–Crippen MR) is 76.0 cm³/mol. The zero-order valence-electron chi connectivity index (χ0n) is 12.4. The Morgan fingerprint density at radius 1 is 1.21 bits per heavy atom. The van der Waals surface area contributed by atoms with Crippen LogP contribution in [-0.2, 0) is 9.53 Å². The summed E-state index contributed by atoms with van der Waals surface area (Å²) < 4.78 is 5.31. The third-order valence-electron chi connectivity index (χ3n) is 4.95. The van der Waals surface area contributed by atoms with Gasteiger partial charge in [0.15, 0.2) is 0 Å². The fourth-order valence-electron chi connectivity index (χ4n) is 3.51. The second-order valence-corrected chi connectivity index (χ2v) is 6.66. The number of methoxy groups -OCH3 is 1. The van der Waals surface area contributed by atoms with E-state index in [2.05, 4.69) is 17.6 Å². The second kappa shape index (κ2) is 6.23. The minimum atomic E-state index is -0.311. The Balaban J connectivity index is 1.91. The van der Waals surface area contributed by atoms with Gasteiger partial charge in [0, 0.05) is 13.7 Å². The monoisotopic (exact) mass is 268 g/mol. The molecule has 0 bridgehead atoms. The van der Waals surface area contributed by atoms with Crippen molar-refractivity contribution < 1.29 is 9.53 Å². The molecule has 1 aliphatic carbocycles. The molecule has 1 heterocycles. The molecule has 2 fully saturated rings. The van der Waals surface area contributed by atoms with Crippen molar-refractivity contribution >= 4 is 5.91 Å². The van der Waals surface area contributed by atoms with Crippen LogP contribution in [0.5, 0.6) is 0 Å². The van der Waals surface area contributed by atoms with E-state index in [0.717, 1.165) is 32.5 Å². The highest BCUT2D eigenvalue weighted by Gasteiger charge is 2.40. The van der Waals surface area contributed by atoms with Gasteiger partial charge in [-0.15, -0.1) is 0 Å². The molecular formula is C15H28N2O2. The zero-order chi connectivity index (χ0) is 13.8. The highest BCUT2D eigenvalue weighted by atomic mass is 16.5. The maximum absolute atomic E-state index is 12.6. The van der Waals surface area contributed by atoms with Gasteiger partial charge in [-0.1, -0.05) is 19.8 Å². The van der Waals surface area contributed by atoms with Crippen LogP contribution in [0.3, 0.4) is 0 Å². The molecule has 1 aliphatic heterocycles. The predicted octanol–water partition coefficient (Wildman–Crippen LogP) is 1.70. The van der Waals surface area contributed by atoms with Crippen molar-refractivity contribution in [2.75, 3.05) is 33.4 Å². The fourth-order valence-corrected chi connectivity index (χ4v) is 3.51. The van der Waals surface area contributed by atoms with Gasteiger partial charge in [-0.3, -0.25) is 4.79 Å². The lowest BCUT2D eigenvalue weighted by atomic mass is 9.78. The second-order valence-electron chi connectivity index (χ2n) is 6.66. The summed E-state index contributed by atoms with van der Waals surface area (Å²) in [6, 6.07) is 0. The molecule has 19 heavy (non-hydrogen) atoms. The summed E-state index contributed by atoms with van der Waals surface area (Å²) in [5.74, 6) is 0.198. The Bertz CT molecular complexity index is 300. The molecule has 110 valence electrons. The standard InChI is InChI=1S/C15H28N2O2/c1-14(5-3-4-6-14)11-17-13(18)15(12-19-2)7-9-16-10-8-15/h16H,3-12H2,1-2H3,(H,17,18). The van der Waals surface area contributed by atoms with Gasteiger partial charge in [0.25, 0.3) is 0 Å². The molecule has 1 saturated carbocycles. The van der Waals surface area contributed by atoms with Crippen molar-refractivity contribution in [2.24, 2.45) is 10.8 Å². The van der Waals surface area contributed by atoms with Crippen LogP contribution in [0.2, 0.25) is 0 Å². The first-order valence-corrected chi connectivity index (χ1v) is 7.58. The molecule has 1 saturated heterocycles. The Hall–Kier alpha value is -0.610. The van der Waals surface area contributed by atoms with Crippen LogP contribution in [-0.4, -0.2) is 39.3 Å². The first kappa shape index (κ1) is 14.8. The molecule has 2 N–H and O–H groups in total. The SMILES string of the molecule is COCC1(C(=O)NCC2(C)CCCC2)CCNCC1. The summed E-state index contributed by atoms with van der Waals surface area (Å²) in [7, 11) is 1.69. The lowest BCUT2D eigenvalue weighted by Crippen LogP contribution is -2.51. The van der Waals surface area contributed by atoms with Gasteiger partial charge < -0.3 is 15.4 Å². The van der Waals surface area contributed by atoms with Crippen LogP contribution < -0.4 is 10.6 Å². The Morgan fingerprint density at radius 3 is 2.42 bits per heavy atom. The topological polar surface area (TPSA) is 50.4 Å². The number of nitrogens with one attached hydrogen (secondary N) is 2. The number of carbonyl (C=O) groups excluding carboxylic acids is 1. The van der Waals surface area contributed by atoms with Crippen molar-refractivity contribution in [3.8, 4) is 0 Å². The van der Waals surface area contributed by atoms with Crippen molar-refractivity contribution in [3.63, 3.8) is 0 Å². The number of rotatable bonds is 5. The van der Waals surface area contributed by atoms with Crippen LogP contribution in [0.1, 0.15) is 45.4 Å². The molecule has 2 aliphatic rings. The summed E-state index contributed by atoms with van der Waals surface area (Å²) in [5.41, 5.74) is 0.00576. The van der Waals surface area contributed by atoms with Crippen molar-refractivity contribution in [1.29, 1.82) is 0 Å². The number of carbonyl (C=O) groups is 1. The molecule has 0 spiro atoms. The molecule has 0 aromatic heterocycles. The largest absolute Gasteiger partial charge is 0.384 e. The average Bonchev–Trinajstić information content (AvgIpc) is 2.85. The minimum absolute atomic E-state index is 0.198. The molecule has 4 heteroatoms. The molecule has 0 aromatic carbocycles. The molecule has 1 amide bonds. The Morgan fingerprint density at radius 2 is 1.84 bits per heavy atom. The highest BCUT2D eigenvalue weighted by Crippen LogP contribution is 2.37. The van der Waals surface area contributed by atoms with E-state index >= 15 is 0 Å². The molecule has 0 radical (unpaired) electrons. The molecule has 0 aromatic rings. The Labute approximate surface area is 116 Å². The maximum atomic E-state index is 12.6. The van der Waals surface area contributed by atoms with Crippen LogP contribution >= 0.6 is 0 Å². The van der Waals surface area contributed by atoms with Gasteiger partial charge in [-0.25, -0.2) is 0 Å². The first-order valence-electron chi connectivity index (χ1n) is 7.58. The smallest absolute Gasteiger partial charge is 0.228 e. The Kier molecular flexibility index (Phi) is 4.85. The maximum Gasteiger partial charge on any atom is 0.228 e. The van der Waals surface area contributed by atoms with Gasteiger partial charge >= 0.3 is 0 Å². The van der Waals surface area contributed by atoms with Gasteiger partial charge in [0.2, 0.25) is 5.91 Å². The summed E-state index contributed by atoms with van der Waals surface area (Å²) in [4.78, 5) is 12.6. The molecule has 4 nitrogen and oxygen atoms in total. The van der Waals surface area contributed by atoms with Crippen molar-refractivity contribution in [1.82, 2.24) is 10.6 Å². The van der Waals surface area contributed by atoms with Gasteiger partial charge in [-0.2, -0.15) is 0 Å². The normalized spacial score (nSPS) is 25.2. The quantitative estimate of drug-likeness (QED) is 0.798. The lowest BCUT2D eigenvalue weighted by Gasteiger charge is -2.36. The van der Waals surface area contributed by atoms with Gasteiger partial charge in [0.1, 0.15) is 0 Å². The van der Waals surface area contributed by atoms with E-state index in [-0.39, 0.29) is 11.3 Å². The average molecular weight is 268 g/mol. The fraction of sp³-hybridized carbons (Fsp3) is 0.933. The van der Waals surface area contributed by atoms with E-state index in [4.69, 9.17) is 4.74 Å². The molecule has 2 rings (SSSR count). The van der Waals surface area contributed by atoms with Crippen LogP contribution in [0, 0.1) is 10.8 Å². The summed E-state index contributed by atoms with van der Waals surface area (Å²) >= 11 is 0. The number of piperidine rings is 1. The van der Waals surface area contributed by atoms with Crippen LogP contribution in [0.4, 0.5) is 0 Å². The number of hydrogen-bond donors (Lipinski definition) is 2. The van der Waals surface area contributed by atoms with E-state index in [1.807, 2.05) is 0 Å². The third kappa shape index (κ3) is 3.48.